The summed E-state index contributed by atoms with van der Waals surface area (Å²) in [5.41, 5.74) is -1.44. The van der Waals surface area contributed by atoms with Crippen LogP contribution in [0.3, 0.4) is 0 Å². The Labute approximate surface area is 169 Å². The van der Waals surface area contributed by atoms with Crippen molar-refractivity contribution in [1.29, 1.82) is 5.26 Å². The number of carbonyl (C=O) groups excluding carboxylic acids is 2. The van der Waals surface area contributed by atoms with E-state index < -0.39 is 35.2 Å². The van der Waals surface area contributed by atoms with E-state index in [4.69, 9.17) is 5.26 Å². The molecule has 8 nitrogen and oxygen atoms in total. The third kappa shape index (κ3) is 4.17. The molecule has 0 saturated carbocycles. The van der Waals surface area contributed by atoms with E-state index >= 15 is 0 Å². The highest BCUT2D eigenvalue weighted by Gasteiger charge is 2.38. The summed E-state index contributed by atoms with van der Waals surface area (Å²) in [7, 11) is 1.40. The monoisotopic (exact) mass is 418 g/mol. The number of amides is 2. The molecule has 1 aromatic carbocycles. The highest BCUT2D eigenvalue weighted by atomic mass is 19.4. The SMILES string of the molecule is CNC(=O)C1CN(C(=O)c2ncccn2)CCN1c1ccc(C#N)c(C(F)(F)F)c1. The van der Waals surface area contributed by atoms with E-state index in [9.17, 15) is 22.8 Å². The highest BCUT2D eigenvalue weighted by molar-refractivity contribution is 5.92. The molecule has 1 saturated heterocycles. The van der Waals surface area contributed by atoms with Gasteiger partial charge in [-0.1, -0.05) is 0 Å². The van der Waals surface area contributed by atoms with Crippen LogP contribution in [0.15, 0.2) is 36.7 Å². The van der Waals surface area contributed by atoms with E-state index in [1.165, 1.54) is 41.4 Å². The van der Waals surface area contributed by atoms with Gasteiger partial charge in [0, 0.05) is 38.2 Å². The summed E-state index contributed by atoms with van der Waals surface area (Å²) < 4.78 is 40.0. The molecule has 0 spiro atoms. The number of rotatable bonds is 3. The van der Waals surface area contributed by atoms with Crippen molar-refractivity contribution in [3.63, 3.8) is 0 Å². The smallest absolute Gasteiger partial charge is 0.357 e. The van der Waals surface area contributed by atoms with Gasteiger partial charge in [-0.2, -0.15) is 18.4 Å². The first-order valence-electron chi connectivity index (χ1n) is 8.92. The molecule has 1 aromatic heterocycles. The molecule has 1 unspecified atom stereocenters. The molecule has 0 aliphatic carbocycles. The van der Waals surface area contributed by atoms with Crippen molar-refractivity contribution in [2.45, 2.75) is 12.2 Å². The zero-order chi connectivity index (χ0) is 21.9. The lowest BCUT2D eigenvalue weighted by molar-refractivity contribution is -0.137. The van der Waals surface area contributed by atoms with Crippen molar-refractivity contribution < 1.29 is 22.8 Å². The molecule has 1 aliphatic rings. The minimum absolute atomic E-state index is 0.0284. The van der Waals surface area contributed by atoms with Crippen molar-refractivity contribution >= 4 is 17.5 Å². The van der Waals surface area contributed by atoms with Crippen LogP contribution in [0.25, 0.3) is 0 Å². The molecule has 30 heavy (non-hydrogen) atoms. The molecule has 2 aromatic rings. The van der Waals surface area contributed by atoms with Crippen molar-refractivity contribution in [1.82, 2.24) is 20.2 Å². The summed E-state index contributed by atoms with van der Waals surface area (Å²) in [6.07, 6.45) is -1.88. The lowest BCUT2D eigenvalue weighted by atomic mass is 10.0. The number of nitrogens with zero attached hydrogens (tertiary/aromatic N) is 5. The van der Waals surface area contributed by atoms with E-state index in [0.29, 0.717) is 0 Å². The van der Waals surface area contributed by atoms with Crippen LogP contribution in [-0.2, 0) is 11.0 Å². The Bertz CT molecular complexity index is 990. The minimum atomic E-state index is -4.72. The molecule has 0 radical (unpaired) electrons. The maximum Gasteiger partial charge on any atom is 0.417 e. The minimum Gasteiger partial charge on any atom is -0.357 e. The molecule has 1 aliphatic heterocycles. The van der Waals surface area contributed by atoms with Gasteiger partial charge in [-0.25, -0.2) is 9.97 Å². The van der Waals surface area contributed by atoms with Crippen LogP contribution in [0.1, 0.15) is 21.7 Å². The van der Waals surface area contributed by atoms with E-state index in [1.54, 1.807) is 6.07 Å². The van der Waals surface area contributed by atoms with Crippen LogP contribution in [0, 0.1) is 11.3 Å². The Balaban J connectivity index is 1.92. The number of likely N-dealkylation sites (N-methyl/N-ethyl adjacent to an activating group) is 1. The van der Waals surface area contributed by atoms with Gasteiger partial charge in [-0.3, -0.25) is 9.59 Å². The number of anilines is 1. The normalized spacial score (nSPS) is 16.7. The van der Waals surface area contributed by atoms with E-state index in [0.717, 1.165) is 12.1 Å². The molecule has 2 heterocycles. The molecule has 156 valence electrons. The van der Waals surface area contributed by atoms with Crippen molar-refractivity contribution in [3.8, 4) is 6.07 Å². The highest BCUT2D eigenvalue weighted by Crippen LogP contribution is 2.35. The first-order chi connectivity index (χ1) is 14.3. The van der Waals surface area contributed by atoms with Crippen LogP contribution in [0.4, 0.5) is 18.9 Å². The zero-order valence-electron chi connectivity index (χ0n) is 15.8. The average molecular weight is 418 g/mol. The summed E-state index contributed by atoms with van der Waals surface area (Å²) in [4.78, 5) is 35.8. The van der Waals surface area contributed by atoms with Crippen LogP contribution < -0.4 is 10.2 Å². The Morgan fingerprint density at radius 2 is 1.93 bits per heavy atom. The van der Waals surface area contributed by atoms with Gasteiger partial charge in [0.05, 0.1) is 23.7 Å². The number of piperazine rings is 1. The number of nitriles is 1. The van der Waals surface area contributed by atoms with Crippen LogP contribution >= 0.6 is 0 Å². The van der Waals surface area contributed by atoms with Gasteiger partial charge >= 0.3 is 6.18 Å². The molecule has 1 atom stereocenters. The summed E-state index contributed by atoms with van der Waals surface area (Å²) in [6.45, 7) is 0.212. The topological polar surface area (TPSA) is 102 Å². The average Bonchev–Trinajstić information content (AvgIpc) is 2.77. The van der Waals surface area contributed by atoms with Gasteiger partial charge in [0.2, 0.25) is 11.7 Å². The van der Waals surface area contributed by atoms with E-state index in [-0.39, 0.29) is 31.1 Å². The standard InChI is InChI=1S/C19H17F3N6O2/c1-24-17(29)15-11-27(18(30)16-25-5-2-6-26-16)7-8-28(15)13-4-3-12(10-23)14(9-13)19(20,21)22/h2-6,9,15H,7-8,11H2,1H3,(H,24,29). The summed E-state index contributed by atoms with van der Waals surface area (Å²) in [5.74, 6) is -0.960. The lowest BCUT2D eigenvalue weighted by Gasteiger charge is -2.41. The first kappa shape index (κ1) is 21.0. The molecular weight excluding hydrogens is 401 g/mol. The number of alkyl halides is 3. The predicted octanol–water partition coefficient (Wildman–Crippen LogP) is 1.44. The van der Waals surface area contributed by atoms with E-state index in [1.807, 2.05) is 0 Å². The fourth-order valence-electron chi connectivity index (χ4n) is 3.26. The van der Waals surface area contributed by atoms with Gasteiger partial charge in [0.1, 0.15) is 6.04 Å². The molecule has 1 fully saturated rings. The molecule has 11 heteroatoms. The third-order valence-corrected chi connectivity index (χ3v) is 4.73. The molecule has 3 rings (SSSR count). The maximum absolute atomic E-state index is 13.3. The summed E-state index contributed by atoms with van der Waals surface area (Å²) >= 11 is 0. The number of nitrogens with one attached hydrogen (secondary N) is 1. The van der Waals surface area contributed by atoms with Gasteiger partial charge in [-0.05, 0) is 24.3 Å². The molecule has 2 amide bonds. The second-order valence-corrected chi connectivity index (χ2v) is 6.49. The third-order valence-electron chi connectivity index (χ3n) is 4.73. The Hall–Kier alpha value is -3.68. The van der Waals surface area contributed by atoms with Gasteiger partial charge in [0.15, 0.2) is 0 Å². The van der Waals surface area contributed by atoms with Crippen LogP contribution in [0.2, 0.25) is 0 Å². The predicted molar refractivity (Wildman–Crippen MR) is 99.3 cm³/mol. The number of hydrogen-bond donors (Lipinski definition) is 1. The maximum atomic E-state index is 13.3. The first-order valence-corrected chi connectivity index (χ1v) is 8.92. The second-order valence-electron chi connectivity index (χ2n) is 6.49. The fourth-order valence-corrected chi connectivity index (χ4v) is 3.26. The van der Waals surface area contributed by atoms with Gasteiger partial charge in [-0.15, -0.1) is 0 Å². The number of hydrogen-bond acceptors (Lipinski definition) is 6. The lowest BCUT2D eigenvalue weighted by Crippen LogP contribution is -2.60. The Morgan fingerprint density at radius 3 is 2.53 bits per heavy atom. The van der Waals surface area contributed by atoms with Crippen LogP contribution in [-0.4, -0.2) is 59.4 Å². The Kier molecular flexibility index (Phi) is 5.86. The van der Waals surface area contributed by atoms with Crippen molar-refractivity contribution in [2.75, 3.05) is 31.6 Å². The quantitative estimate of drug-likeness (QED) is 0.810. The number of aromatic nitrogens is 2. The largest absolute Gasteiger partial charge is 0.417 e. The second kappa shape index (κ2) is 8.36. The van der Waals surface area contributed by atoms with Gasteiger partial charge in [0.25, 0.3) is 5.91 Å². The molecule has 1 N–H and O–H groups in total. The van der Waals surface area contributed by atoms with Crippen LogP contribution in [0.5, 0.6) is 0 Å². The summed E-state index contributed by atoms with van der Waals surface area (Å²) in [6, 6.07) is 5.46. The van der Waals surface area contributed by atoms with Gasteiger partial charge < -0.3 is 15.1 Å². The number of carbonyl (C=O) groups is 2. The summed E-state index contributed by atoms with van der Waals surface area (Å²) in [5, 5.41) is 11.5. The van der Waals surface area contributed by atoms with Crippen molar-refractivity contribution in [3.05, 3.63) is 53.6 Å². The molecular formula is C19H17F3N6O2. The van der Waals surface area contributed by atoms with Crippen molar-refractivity contribution in [2.24, 2.45) is 0 Å². The van der Waals surface area contributed by atoms with E-state index in [2.05, 4.69) is 15.3 Å². The Morgan fingerprint density at radius 1 is 1.23 bits per heavy atom. The fraction of sp³-hybridized carbons (Fsp3) is 0.316. The number of benzene rings is 1. The zero-order valence-corrected chi connectivity index (χ0v) is 15.8. The molecule has 0 bridgehead atoms. The number of halogens is 3.